The average molecular weight is 285 g/mol. The zero-order valence-electron chi connectivity index (χ0n) is 11.5. The van der Waals surface area contributed by atoms with Crippen LogP contribution in [0, 0.1) is 24.5 Å². The van der Waals surface area contributed by atoms with Gasteiger partial charge in [-0.25, -0.2) is 8.78 Å². The standard InChI is InChI=1S/C15H21F2NS/c1-10-3-4-12(15(17)14(10)16)13(18-2)9-11-5-7-19-8-6-11/h3-4,11,13,18H,5-9H2,1-2H3. The van der Waals surface area contributed by atoms with Crippen molar-refractivity contribution in [1.29, 1.82) is 0 Å². The van der Waals surface area contributed by atoms with Gasteiger partial charge in [0.2, 0.25) is 0 Å². The van der Waals surface area contributed by atoms with Gasteiger partial charge in [-0.15, -0.1) is 0 Å². The lowest BCUT2D eigenvalue weighted by Gasteiger charge is -2.26. The molecule has 1 aliphatic heterocycles. The van der Waals surface area contributed by atoms with E-state index in [1.807, 2.05) is 18.8 Å². The Morgan fingerprint density at radius 3 is 2.58 bits per heavy atom. The van der Waals surface area contributed by atoms with Crippen LogP contribution in [0.3, 0.4) is 0 Å². The minimum absolute atomic E-state index is 0.0943. The van der Waals surface area contributed by atoms with Crippen molar-refractivity contribution in [3.8, 4) is 0 Å². The van der Waals surface area contributed by atoms with E-state index in [2.05, 4.69) is 5.32 Å². The number of hydrogen-bond donors (Lipinski definition) is 1. The van der Waals surface area contributed by atoms with Crippen LogP contribution in [0.15, 0.2) is 12.1 Å². The quantitative estimate of drug-likeness (QED) is 0.895. The van der Waals surface area contributed by atoms with Gasteiger partial charge in [-0.1, -0.05) is 12.1 Å². The average Bonchev–Trinajstić information content (AvgIpc) is 2.44. The van der Waals surface area contributed by atoms with E-state index in [0.29, 0.717) is 17.0 Å². The molecule has 0 radical (unpaired) electrons. The summed E-state index contributed by atoms with van der Waals surface area (Å²) in [7, 11) is 1.82. The van der Waals surface area contributed by atoms with Crippen LogP contribution >= 0.6 is 11.8 Å². The van der Waals surface area contributed by atoms with Gasteiger partial charge in [0.25, 0.3) is 0 Å². The highest BCUT2D eigenvalue weighted by molar-refractivity contribution is 7.99. The smallest absolute Gasteiger partial charge is 0.163 e. The van der Waals surface area contributed by atoms with Crippen molar-refractivity contribution in [2.75, 3.05) is 18.6 Å². The first-order valence-electron chi connectivity index (χ1n) is 6.83. The van der Waals surface area contributed by atoms with Crippen LogP contribution in [0.4, 0.5) is 8.78 Å². The molecule has 106 valence electrons. The molecule has 1 aliphatic rings. The molecule has 0 aromatic heterocycles. The summed E-state index contributed by atoms with van der Waals surface area (Å²) in [5.41, 5.74) is 0.828. The SMILES string of the molecule is CNC(CC1CCSCC1)c1ccc(C)c(F)c1F. The van der Waals surface area contributed by atoms with Gasteiger partial charge >= 0.3 is 0 Å². The first-order chi connectivity index (χ1) is 9.13. The summed E-state index contributed by atoms with van der Waals surface area (Å²) in [6.45, 7) is 1.59. The first-order valence-corrected chi connectivity index (χ1v) is 7.98. The Kier molecular flexibility index (Phi) is 5.22. The van der Waals surface area contributed by atoms with Crippen molar-refractivity contribution in [3.63, 3.8) is 0 Å². The van der Waals surface area contributed by atoms with Crippen LogP contribution in [0.2, 0.25) is 0 Å². The second kappa shape index (κ2) is 6.71. The fourth-order valence-corrected chi connectivity index (χ4v) is 3.85. The molecule has 0 spiro atoms. The van der Waals surface area contributed by atoms with Gasteiger partial charge in [0.15, 0.2) is 11.6 Å². The normalized spacial score (nSPS) is 18.5. The maximum absolute atomic E-state index is 14.0. The predicted octanol–water partition coefficient (Wildman–Crippen LogP) is 4.07. The molecule has 1 N–H and O–H groups in total. The first kappa shape index (κ1) is 14.8. The monoisotopic (exact) mass is 285 g/mol. The molecule has 0 amide bonds. The minimum atomic E-state index is -0.711. The van der Waals surface area contributed by atoms with E-state index < -0.39 is 11.6 Å². The molecule has 2 rings (SSSR count). The number of halogens is 2. The molecule has 1 aromatic carbocycles. The molecule has 19 heavy (non-hydrogen) atoms. The largest absolute Gasteiger partial charge is 0.313 e. The molecule has 0 bridgehead atoms. The highest BCUT2D eigenvalue weighted by Crippen LogP contribution is 2.32. The van der Waals surface area contributed by atoms with Crippen molar-refractivity contribution >= 4 is 11.8 Å². The lowest BCUT2D eigenvalue weighted by molar-refractivity contribution is 0.371. The molecular weight excluding hydrogens is 264 g/mol. The van der Waals surface area contributed by atoms with Gasteiger partial charge in [0, 0.05) is 11.6 Å². The Bertz CT molecular complexity index is 430. The number of aryl methyl sites for hydroxylation is 1. The van der Waals surface area contributed by atoms with Crippen LogP contribution < -0.4 is 5.32 Å². The maximum atomic E-state index is 14.0. The second-order valence-electron chi connectivity index (χ2n) is 5.23. The van der Waals surface area contributed by atoms with E-state index in [4.69, 9.17) is 0 Å². The molecule has 1 nitrogen and oxygen atoms in total. The van der Waals surface area contributed by atoms with Gasteiger partial charge in [-0.05, 0) is 56.2 Å². The topological polar surface area (TPSA) is 12.0 Å². The zero-order chi connectivity index (χ0) is 13.8. The number of hydrogen-bond acceptors (Lipinski definition) is 2. The molecular formula is C15H21F2NS. The number of benzene rings is 1. The van der Waals surface area contributed by atoms with Crippen molar-refractivity contribution in [3.05, 3.63) is 34.9 Å². The molecule has 1 saturated heterocycles. The molecule has 4 heteroatoms. The lowest BCUT2D eigenvalue weighted by Crippen LogP contribution is -2.23. The van der Waals surface area contributed by atoms with E-state index in [0.717, 1.165) is 6.42 Å². The third-order valence-corrected chi connectivity index (χ3v) is 4.99. The number of thioether (sulfide) groups is 1. The highest BCUT2D eigenvalue weighted by atomic mass is 32.2. The fourth-order valence-electron chi connectivity index (χ4n) is 2.65. The van der Waals surface area contributed by atoms with Gasteiger partial charge in [0.05, 0.1) is 0 Å². The molecule has 1 fully saturated rings. The van der Waals surface area contributed by atoms with Crippen molar-refractivity contribution in [2.45, 2.75) is 32.2 Å². The van der Waals surface area contributed by atoms with Crippen LogP contribution in [0.25, 0.3) is 0 Å². The van der Waals surface area contributed by atoms with E-state index in [1.54, 1.807) is 19.1 Å². The van der Waals surface area contributed by atoms with Crippen LogP contribution in [0.1, 0.15) is 36.4 Å². The Morgan fingerprint density at radius 2 is 1.95 bits per heavy atom. The van der Waals surface area contributed by atoms with Crippen LogP contribution in [0.5, 0.6) is 0 Å². The van der Waals surface area contributed by atoms with Gasteiger partial charge in [-0.2, -0.15) is 11.8 Å². The molecule has 0 aliphatic carbocycles. The Morgan fingerprint density at radius 1 is 1.26 bits per heavy atom. The van der Waals surface area contributed by atoms with E-state index in [1.165, 1.54) is 24.3 Å². The maximum Gasteiger partial charge on any atom is 0.163 e. The molecule has 1 atom stereocenters. The summed E-state index contributed by atoms with van der Waals surface area (Å²) < 4.78 is 27.7. The second-order valence-corrected chi connectivity index (χ2v) is 6.46. The Labute approximate surface area is 118 Å². The third kappa shape index (κ3) is 3.48. The third-order valence-electron chi connectivity index (χ3n) is 3.94. The Hall–Kier alpha value is -0.610. The summed E-state index contributed by atoms with van der Waals surface area (Å²) >= 11 is 1.98. The number of rotatable bonds is 4. The zero-order valence-corrected chi connectivity index (χ0v) is 12.3. The van der Waals surface area contributed by atoms with E-state index in [-0.39, 0.29) is 6.04 Å². The van der Waals surface area contributed by atoms with Crippen molar-refractivity contribution < 1.29 is 8.78 Å². The van der Waals surface area contributed by atoms with Crippen LogP contribution in [-0.4, -0.2) is 18.6 Å². The summed E-state index contributed by atoms with van der Waals surface area (Å²) in [4.78, 5) is 0. The molecule has 1 unspecified atom stereocenters. The Balaban J connectivity index is 2.14. The number of nitrogens with one attached hydrogen (secondary N) is 1. The van der Waals surface area contributed by atoms with Gasteiger partial charge < -0.3 is 5.32 Å². The van der Waals surface area contributed by atoms with Crippen LogP contribution in [-0.2, 0) is 0 Å². The van der Waals surface area contributed by atoms with E-state index in [9.17, 15) is 8.78 Å². The van der Waals surface area contributed by atoms with Crippen molar-refractivity contribution in [2.24, 2.45) is 5.92 Å². The molecule has 1 aromatic rings. The summed E-state index contributed by atoms with van der Waals surface area (Å²) in [6, 6.07) is 3.28. The summed E-state index contributed by atoms with van der Waals surface area (Å²) in [6.07, 6.45) is 3.24. The lowest BCUT2D eigenvalue weighted by atomic mass is 9.90. The van der Waals surface area contributed by atoms with Gasteiger partial charge in [0.1, 0.15) is 0 Å². The molecule has 1 heterocycles. The fraction of sp³-hybridized carbons (Fsp3) is 0.600. The molecule has 0 saturated carbocycles. The predicted molar refractivity (Wildman–Crippen MR) is 77.6 cm³/mol. The summed E-state index contributed by atoms with van der Waals surface area (Å²) in [5, 5.41) is 3.14. The van der Waals surface area contributed by atoms with Crippen molar-refractivity contribution in [1.82, 2.24) is 5.32 Å². The highest BCUT2D eigenvalue weighted by Gasteiger charge is 2.23. The van der Waals surface area contributed by atoms with E-state index >= 15 is 0 Å². The summed E-state index contributed by atoms with van der Waals surface area (Å²) in [5.74, 6) is 1.58. The van der Waals surface area contributed by atoms with Gasteiger partial charge in [-0.3, -0.25) is 0 Å². The minimum Gasteiger partial charge on any atom is -0.313 e.